The van der Waals surface area contributed by atoms with Crippen LogP contribution in [-0.4, -0.2) is 49.4 Å². The Bertz CT molecular complexity index is 1050. The maximum Gasteiger partial charge on any atom is 0.190 e. The van der Waals surface area contributed by atoms with Crippen molar-refractivity contribution in [1.82, 2.24) is 9.47 Å². The molecule has 0 bridgehead atoms. The van der Waals surface area contributed by atoms with Gasteiger partial charge in [-0.2, -0.15) is 0 Å². The SMILES string of the molecule is COc1ccc(-c2c(C)sc(=Nc3ccccc3C)n2CCN2CCOCC2)cc1. The first-order valence-corrected chi connectivity index (χ1v) is 11.2. The summed E-state index contributed by atoms with van der Waals surface area (Å²) in [5.74, 6) is 0.872. The fourth-order valence-electron chi connectivity index (χ4n) is 3.78. The van der Waals surface area contributed by atoms with Crippen LogP contribution in [0.3, 0.4) is 0 Å². The summed E-state index contributed by atoms with van der Waals surface area (Å²) in [4.78, 5) is 9.84. The molecule has 0 N–H and O–H groups in total. The maximum absolute atomic E-state index is 5.51. The lowest BCUT2D eigenvalue weighted by molar-refractivity contribution is 0.0363. The van der Waals surface area contributed by atoms with Gasteiger partial charge in [0.2, 0.25) is 0 Å². The van der Waals surface area contributed by atoms with Crippen LogP contribution in [0, 0.1) is 13.8 Å². The number of nitrogens with zero attached hydrogens (tertiary/aromatic N) is 3. The molecule has 3 aromatic rings. The van der Waals surface area contributed by atoms with Gasteiger partial charge in [-0.1, -0.05) is 18.2 Å². The van der Waals surface area contributed by atoms with Crippen molar-refractivity contribution in [3.8, 4) is 17.0 Å². The predicted molar refractivity (Wildman–Crippen MR) is 123 cm³/mol. The first-order chi connectivity index (χ1) is 14.7. The number of morpholine rings is 1. The van der Waals surface area contributed by atoms with E-state index in [1.54, 1.807) is 18.4 Å². The molecule has 1 saturated heterocycles. The maximum atomic E-state index is 5.51. The average molecular weight is 424 g/mol. The van der Waals surface area contributed by atoms with Crippen LogP contribution in [0.5, 0.6) is 5.75 Å². The quantitative estimate of drug-likeness (QED) is 0.590. The number of para-hydroxylation sites is 1. The Morgan fingerprint density at radius 1 is 1.00 bits per heavy atom. The minimum absolute atomic E-state index is 0.819. The Morgan fingerprint density at radius 2 is 1.73 bits per heavy atom. The van der Waals surface area contributed by atoms with Gasteiger partial charge in [0.25, 0.3) is 0 Å². The van der Waals surface area contributed by atoms with Crippen LogP contribution in [0.2, 0.25) is 0 Å². The Balaban J connectivity index is 1.76. The van der Waals surface area contributed by atoms with E-state index in [-0.39, 0.29) is 0 Å². The topological polar surface area (TPSA) is 39.0 Å². The summed E-state index contributed by atoms with van der Waals surface area (Å²) in [7, 11) is 1.70. The van der Waals surface area contributed by atoms with Crippen LogP contribution >= 0.6 is 11.3 Å². The number of rotatable bonds is 6. The lowest BCUT2D eigenvalue weighted by Crippen LogP contribution is -2.39. The number of methoxy groups -OCH3 is 1. The van der Waals surface area contributed by atoms with Crippen molar-refractivity contribution in [1.29, 1.82) is 0 Å². The van der Waals surface area contributed by atoms with Crippen LogP contribution < -0.4 is 9.54 Å². The summed E-state index contributed by atoms with van der Waals surface area (Å²) in [6, 6.07) is 16.6. The first kappa shape index (κ1) is 20.8. The average Bonchev–Trinajstić information content (AvgIpc) is 3.09. The molecule has 1 aliphatic heterocycles. The number of aromatic nitrogens is 1. The van der Waals surface area contributed by atoms with Crippen molar-refractivity contribution in [2.24, 2.45) is 4.99 Å². The third-order valence-corrected chi connectivity index (χ3v) is 6.51. The zero-order chi connectivity index (χ0) is 20.9. The van der Waals surface area contributed by atoms with Crippen molar-refractivity contribution >= 4 is 17.0 Å². The number of thiazole rings is 1. The zero-order valence-corrected chi connectivity index (χ0v) is 18.7. The van der Waals surface area contributed by atoms with Crippen molar-refractivity contribution in [3.63, 3.8) is 0 Å². The van der Waals surface area contributed by atoms with Crippen molar-refractivity contribution in [3.05, 3.63) is 63.8 Å². The highest BCUT2D eigenvalue weighted by molar-refractivity contribution is 7.09. The lowest BCUT2D eigenvalue weighted by atomic mass is 10.1. The third kappa shape index (κ3) is 4.67. The summed E-state index contributed by atoms with van der Waals surface area (Å²) >= 11 is 1.76. The molecule has 6 heteroatoms. The Kier molecular flexibility index (Phi) is 6.67. The number of aryl methyl sites for hydroxylation is 2. The van der Waals surface area contributed by atoms with Crippen molar-refractivity contribution in [2.45, 2.75) is 20.4 Å². The molecular weight excluding hydrogens is 394 g/mol. The van der Waals surface area contributed by atoms with E-state index in [0.29, 0.717) is 0 Å². The molecule has 0 atom stereocenters. The second kappa shape index (κ2) is 9.60. The smallest absolute Gasteiger partial charge is 0.190 e. The van der Waals surface area contributed by atoms with Gasteiger partial charge in [-0.3, -0.25) is 4.90 Å². The molecule has 30 heavy (non-hydrogen) atoms. The van der Waals surface area contributed by atoms with Gasteiger partial charge in [-0.15, -0.1) is 11.3 Å². The highest BCUT2D eigenvalue weighted by atomic mass is 32.1. The molecule has 1 aromatic heterocycles. The van der Waals surface area contributed by atoms with Crippen molar-refractivity contribution < 1.29 is 9.47 Å². The Hall–Kier alpha value is -2.41. The van der Waals surface area contributed by atoms with Crippen LogP contribution in [0.4, 0.5) is 5.69 Å². The van der Waals surface area contributed by atoms with E-state index in [0.717, 1.165) is 55.6 Å². The minimum atomic E-state index is 0.819. The molecule has 2 heterocycles. The van der Waals surface area contributed by atoms with Crippen LogP contribution in [-0.2, 0) is 11.3 Å². The fourth-order valence-corrected chi connectivity index (χ4v) is 4.82. The second-order valence-electron chi connectivity index (χ2n) is 7.52. The lowest BCUT2D eigenvalue weighted by Gasteiger charge is -2.27. The number of benzene rings is 2. The number of hydrogen-bond donors (Lipinski definition) is 0. The van der Waals surface area contributed by atoms with Gasteiger partial charge in [0.1, 0.15) is 5.75 Å². The molecule has 1 fully saturated rings. The molecule has 0 amide bonds. The molecule has 4 rings (SSSR count). The van der Waals surface area contributed by atoms with E-state index >= 15 is 0 Å². The minimum Gasteiger partial charge on any atom is -0.497 e. The van der Waals surface area contributed by atoms with Crippen molar-refractivity contribution in [2.75, 3.05) is 40.0 Å². The molecule has 158 valence electrons. The molecule has 0 unspecified atom stereocenters. The second-order valence-corrected chi connectivity index (χ2v) is 8.70. The van der Waals surface area contributed by atoms with E-state index in [4.69, 9.17) is 14.5 Å². The molecule has 0 aliphatic carbocycles. The molecule has 0 saturated carbocycles. The van der Waals surface area contributed by atoms with E-state index in [1.165, 1.54) is 21.7 Å². The van der Waals surface area contributed by atoms with E-state index in [9.17, 15) is 0 Å². The Morgan fingerprint density at radius 3 is 2.43 bits per heavy atom. The molecular formula is C24H29N3O2S. The van der Waals surface area contributed by atoms with Gasteiger partial charge in [0.15, 0.2) is 4.80 Å². The van der Waals surface area contributed by atoms with Crippen LogP contribution in [0.15, 0.2) is 53.5 Å². The van der Waals surface area contributed by atoms with Gasteiger partial charge in [0, 0.05) is 31.1 Å². The molecule has 0 spiro atoms. The monoisotopic (exact) mass is 423 g/mol. The standard InChI is InChI=1S/C24H29N3O2S/c1-18-6-4-5-7-22(18)25-24-27(13-12-26-14-16-29-17-15-26)23(19(2)30-24)20-8-10-21(28-3)11-9-20/h4-11H,12-17H2,1-3H3. The molecule has 1 aliphatic rings. The van der Waals surface area contributed by atoms with Gasteiger partial charge in [-0.25, -0.2) is 4.99 Å². The van der Waals surface area contributed by atoms with Gasteiger partial charge >= 0.3 is 0 Å². The first-order valence-electron chi connectivity index (χ1n) is 10.4. The highest BCUT2D eigenvalue weighted by Gasteiger charge is 2.16. The molecule has 5 nitrogen and oxygen atoms in total. The summed E-state index contributed by atoms with van der Waals surface area (Å²) in [6.45, 7) is 9.81. The van der Waals surface area contributed by atoms with E-state index in [2.05, 4.69) is 59.7 Å². The Labute approximate surface area is 182 Å². The van der Waals surface area contributed by atoms with Crippen LogP contribution in [0.1, 0.15) is 10.4 Å². The third-order valence-electron chi connectivity index (χ3n) is 5.52. The van der Waals surface area contributed by atoms with E-state index in [1.807, 2.05) is 12.1 Å². The van der Waals surface area contributed by atoms with Gasteiger partial charge in [-0.05, 0) is 55.3 Å². The summed E-state index contributed by atoms with van der Waals surface area (Å²) in [6.07, 6.45) is 0. The van der Waals surface area contributed by atoms with Gasteiger partial charge < -0.3 is 14.0 Å². The molecule has 0 radical (unpaired) electrons. The summed E-state index contributed by atoms with van der Waals surface area (Å²) in [5.41, 5.74) is 4.65. The predicted octanol–water partition coefficient (Wildman–Crippen LogP) is 4.41. The fraction of sp³-hybridized carbons (Fsp3) is 0.375. The summed E-state index contributed by atoms with van der Waals surface area (Å²) in [5, 5.41) is 0. The zero-order valence-electron chi connectivity index (χ0n) is 17.9. The summed E-state index contributed by atoms with van der Waals surface area (Å²) < 4.78 is 13.2. The van der Waals surface area contributed by atoms with Gasteiger partial charge in [0.05, 0.1) is 31.7 Å². The van der Waals surface area contributed by atoms with E-state index < -0.39 is 0 Å². The highest BCUT2D eigenvalue weighted by Crippen LogP contribution is 2.28. The number of ether oxygens (including phenoxy) is 2. The normalized spacial score (nSPS) is 15.5. The number of hydrogen-bond acceptors (Lipinski definition) is 5. The largest absolute Gasteiger partial charge is 0.497 e. The van der Waals surface area contributed by atoms with Crippen LogP contribution in [0.25, 0.3) is 11.3 Å². The molecule has 2 aromatic carbocycles.